The number of aryl methyl sites for hydroxylation is 1. The van der Waals surface area contributed by atoms with E-state index in [1.54, 1.807) is 11.8 Å². The Balaban J connectivity index is 1.76. The summed E-state index contributed by atoms with van der Waals surface area (Å²) in [7, 11) is 0. The van der Waals surface area contributed by atoms with E-state index in [2.05, 4.69) is 16.5 Å². The summed E-state index contributed by atoms with van der Waals surface area (Å²) in [4.78, 5) is 4.35. The van der Waals surface area contributed by atoms with Crippen LogP contribution in [0.3, 0.4) is 0 Å². The molecule has 0 saturated heterocycles. The molecule has 1 aromatic heterocycles. The van der Waals surface area contributed by atoms with E-state index in [-0.39, 0.29) is 0 Å². The van der Waals surface area contributed by atoms with Gasteiger partial charge >= 0.3 is 0 Å². The number of halogens is 1. The molecule has 3 rings (SSSR count). The predicted octanol–water partition coefficient (Wildman–Crippen LogP) is 3.62. The molecule has 0 bridgehead atoms. The van der Waals surface area contributed by atoms with Crippen LogP contribution in [0.25, 0.3) is 0 Å². The quantitative estimate of drug-likeness (QED) is 0.808. The second-order valence-corrected chi connectivity index (χ2v) is 5.74. The minimum absolute atomic E-state index is 0.550. The van der Waals surface area contributed by atoms with Gasteiger partial charge < -0.3 is 14.0 Å². The zero-order chi connectivity index (χ0) is 13.9. The van der Waals surface area contributed by atoms with Gasteiger partial charge in [-0.3, -0.25) is 0 Å². The van der Waals surface area contributed by atoms with E-state index < -0.39 is 0 Å². The zero-order valence-electron chi connectivity index (χ0n) is 11.1. The number of benzene rings is 1. The van der Waals surface area contributed by atoms with Crippen LogP contribution in [0.1, 0.15) is 12.5 Å². The van der Waals surface area contributed by atoms with E-state index in [1.807, 2.05) is 24.5 Å². The first-order chi connectivity index (χ1) is 9.78. The minimum Gasteiger partial charge on any atom is -0.486 e. The maximum Gasteiger partial charge on any atom is 0.179 e. The molecule has 1 aliphatic heterocycles. The smallest absolute Gasteiger partial charge is 0.179 e. The van der Waals surface area contributed by atoms with Crippen LogP contribution in [0, 0.1) is 0 Å². The Bertz CT molecular complexity index is 615. The molecule has 20 heavy (non-hydrogen) atoms. The van der Waals surface area contributed by atoms with Gasteiger partial charge in [0.1, 0.15) is 13.2 Å². The summed E-state index contributed by atoms with van der Waals surface area (Å²) >= 11 is 7.92. The lowest BCUT2D eigenvalue weighted by molar-refractivity contribution is 0.171. The second kappa shape index (κ2) is 5.97. The third-order valence-corrected chi connectivity index (χ3v) is 4.40. The monoisotopic (exact) mass is 310 g/mol. The van der Waals surface area contributed by atoms with Crippen molar-refractivity contribution in [1.29, 1.82) is 0 Å². The van der Waals surface area contributed by atoms with E-state index in [0.29, 0.717) is 24.0 Å². The zero-order valence-corrected chi connectivity index (χ0v) is 12.7. The molecule has 106 valence electrons. The second-order valence-electron chi connectivity index (χ2n) is 4.39. The van der Waals surface area contributed by atoms with Gasteiger partial charge in [-0.1, -0.05) is 23.4 Å². The van der Waals surface area contributed by atoms with Gasteiger partial charge in [-0.05, 0) is 24.6 Å². The fourth-order valence-electron chi connectivity index (χ4n) is 2.07. The van der Waals surface area contributed by atoms with Crippen LogP contribution in [0.15, 0.2) is 29.7 Å². The van der Waals surface area contributed by atoms with Gasteiger partial charge in [-0.25, -0.2) is 4.98 Å². The standard InChI is InChI=1S/C14H15ClN2O2S/c1-2-17-4-3-16-14(17)20-9-10-7-11(15)13-12(8-10)18-5-6-19-13/h3-4,7-8H,2,5-6,9H2,1H3. The van der Waals surface area contributed by atoms with Crippen LogP contribution in [0.5, 0.6) is 11.5 Å². The molecule has 1 aromatic carbocycles. The van der Waals surface area contributed by atoms with Gasteiger partial charge in [-0.2, -0.15) is 0 Å². The molecule has 1 aliphatic rings. The largest absolute Gasteiger partial charge is 0.486 e. The summed E-state index contributed by atoms with van der Waals surface area (Å²) in [6, 6.07) is 3.92. The van der Waals surface area contributed by atoms with Crippen molar-refractivity contribution in [2.24, 2.45) is 0 Å². The van der Waals surface area contributed by atoms with Crippen LogP contribution in [-0.2, 0) is 12.3 Å². The Kier molecular flexibility index (Phi) is 4.08. The highest BCUT2D eigenvalue weighted by Gasteiger charge is 2.16. The maximum atomic E-state index is 6.23. The molecule has 2 aromatic rings. The average Bonchev–Trinajstić information content (AvgIpc) is 2.93. The topological polar surface area (TPSA) is 36.3 Å². The Morgan fingerprint density at radius 2 is 2.20 bits per heavy atom. The van der Waals surface area contributed by atoms with Crippen molar-refractivity contribution in [1.82, 2.24) is 9.55 Å². The van der Waals surface area contributed by atoms with Crippen molar-refractivity contribution in [3.63, 3.8) is 0 Å². The molecule has 0 atom stereocenters. The predicted molar refractivity (Wildman–Crippen MR) is 79.9 cm³/mol. The summed E-state index contributed by atoms with van der Waals surface area (Å²) in [5.41, 5.74) is 1.11. The number of thioether (sulfide) groups is 1. The van der Waals surface area contributed by atoms with Crippen LogP contribution >= 0.6 is 23.4 Å². The van der Waals surface area contributed by atoms with Crippen LogP contribution in [0.4, 0.5) is 0 Å². The maximum absolute atomic E-state index is 6.23. The van der Waals surface area contributed by atoms with Crippen LogP contribution < -0.4 is 9.47 Å². The van der Waals surface area contributed by atoms with Gasteiger partial charge in [0.2, 0.25) is 0 Å². The summed E-state index contributed by atoms with van der Waals surface area (Å²) in [5.74, 6) is 2.19. The molecule has 0 radical (unpaired) electrons. The molecule has 2 heterocycles. The molecule has 0 fully saturated rings. The van der Waals surface area contributed by atoms with E-state index >= 15 is 0 Å². The molecule has 0 unspecified atom stereocenters. The Morgan fingerprint density at radius 3 is 3.05 bits per heavy atom. The number of hydrogen-bond acceptors (Lipinski definition) is 4. The molecule has 0 saturated carbocycles. The number of imidazole rings is 1. The molecular formula is C14H15ClN2O2S. The van der Waals surface area contributed by atoms with Gasteiger partial charge in [0, 0.05) is 24.7 Å². The number of ether oxygens (including phenoxy) is 2. The Labute approximate surface area is 127 Å². The van der Waals surface area contributed by atoms with E-state index in [1.165, 1.54) is 0 Å². The average molecular weight is 311 g/mol. The molecule has 6 heteroatoms. The fraction of sp³-hybridized carbons (Fsp3) is 0.357. The first-order valence-electron chi connectivity index (χ1n) is 6.50. The molecular weight excluding hydrogens is 296 g/mol. The number of aromatic nitrogens is 2. The third-order valence-electron chi connectivity index (χ3n) is 3.04. The SMILES string of the molecule is CCn1ccnc1SCc1cc(Cl)c2c(c1)OCCO2. The van der Waals surface area contributed by atoms with Crippen molar-refractivity contribution >= 4 is 23.4 Å². The summed E-state index contributed by atoms with van der Waals surface area (Å²) in [6.45, 7) is 4.14. The van der Waals surface area contributed by atoms with Crippen molar-refractivity contribution in [2.45, 2.75) is 24.4 Å². The van der Waals surface area contributed by atoms with Gasteiger partial charge in [0.05, 0.1) is 5.02 Å². The van der Waals surface area contributed by atoms with Crippen LogP contribution in [0.2, 0.25) is 5.02 Å². The molecule has 4 nitrogen and oxygen atoms in total. The fourth-order valence-corrected chi connectivity index (χ4v) is 3.31. The summed E-state index contributed by atoms with van der Waals surface area (Å²) in [5, 5.41) is 1.62. The number of fused-ring (bicyclic) bond motifs is 1. The Morgan fingerprint density at radius 1 is 1.35 bits per heavy atom. The number of hydrogen-bond donors (Lipinski definition) is 0. The number of nitrogens with zero attached hydrogens (tertiary/aromatic N) is 2. The molecule has 0 amide bonds. The van der Waals surface area contributed by atoms with Gasteiger partial charge in [0.15, 0.2) is 16.7 Å². The highest BCUT2D eigenvalue weighted by molar-refractivity contribution is 7.98. The first-order valence-corrected chi connectivity index (χ1v) is 7.86. The van der Waals surface area contributed by atoms with E-state index in [9.17, 15) is 0 Å². The van der Waals surface area contributed by atoms with E-state index in [0.717, 1.165) is 28.8 Å². The molecule has 0 aliphatic carbocycles. The lowest BCUT2D eigenvalue weighted by Gasteiger charge is -2.20. The number of rotatable bonds is 4. The minimum atomic E-state index is 0.550. The van der Waals surface area contributed by atoms with Gasteiger partial charge in [-0.15, -0.1) is 0 Å². The van der Waals surface area contributed by atoms with Crippen molar-refractivity contribution in [2.75, 3.05) is 13.2 Å². The van der Waals surface area contributed by atoms with E-state index in [4.69, 9.17) is 21.1 Å². The van der Waals surface area contributed by atoms with Gasteiger partial charge in [0.25, 0.3) is 0 Å². The highest BCUT2D eigenvalue weighted by Crippen LogP contribution is 2.39. The first kappa shape index (κ1) is 13.6. The highest BCUT2D eigenvalue weighted by atomic mass is 35.5. The third kappa shape index (κ3) is 2.74. The summed E-state index contributed by atoms with van der Waals surface area (Å²) in [6.07, 6.45) is 3.81. The molecule has 0 N–H and O–H groups in total. The lowest BCUT2D eigenvalue weighted by Crippen LogP contribution is -2.15. The van der Waals surface area contributed by atoms with Crippen molar-refractivity contribution in [3.8, 4) is 11.5 Å². The summed E-state index contributed by atoms with van der Waals surface area (Å²) < 4.78 is 13.2. The van der Waals surface area contributed by atoms with Crippen molar-refractivity contribution < 1.29 is 9.47 Å². The lowest BCUT2D eigenvalue weighted by atomic mass is 10.2. The normalized spacial score (nSPS) is 13.5. The molecule has 0 spiro atoms. The van der Waals surface area contributed by atoms with Crippen LogP contribution in [-0.4, -0.2) is 22.8 Å². The van der Waals surface area contributed by atoms with Crippen molar-refractivity contribution in [3.05, 3.63) is 35.1 Å². The Hall–Kier alpha value is -1.33.